The normalized spacial score (nSPS) is 10.8. The first kappa shape index (κ1) is 13.5. The van der Waals surface area contributed by atoms with Gasteiger partial charge < -0.3 is 5.11 Å². The highest BCUT2D eigenvalue weighted by molar-refractivity contribution is 5.65. The standard InChI is InChI=1S/C17H17N3O/c1-13-7-5-6-10-15(13)17-16(12-21)18-19-20(17)11-14-8-3-2-4-9-14/h2-10,21H,11-12H2,1H3. The maximum atomic E-state index is 9.53. The third-order valence-corrected chi connectivity index (χ3v) is 3.53. The van der Waals surface area contributed by atoms with Gasteiger partial charge in [0.25, 0.3) is 0 Å². The summed E-state index contributed by atoms with van der Waals surface area (Å²) in [7, 11) is 0. The molecule has 4 heteroatoms. The smallest absolute Gasteiger partial charge is 0.116 e. The van der Waals surface area contributed by atoms with Gasteiger partial charge in [-0.3, -0.25) is 0 Å². The van der Waals surface area contributed by atoms with Gasteiger partial charge in [-0.05, 0) is 18.1 Å². The van der Waals surface area contributed by atoms with E-state index < -0.39 is 0 Å². The molecule has 0 amide bonds. The van der Waals surface area contributed by atoms with Crippen LogP contribution in [0.25, 0.3) is 11.3 Å². The van der Waals surface area contributed by atoms with Gasteiger partial charge in [0.2, 0.25) is 0 Å². The topological polar surface area (TPSA) is 50.9 Å². The van der Waals surface area contributed by atoms with Crippen LogP contribution in [0.4, 0.5) is 0 Å². The van der Waals surface area contributed by atoms with Crippen LogP contribution in [0.3, 0.4) is 0 Å². The number of aromatic nitrogens is 3. The monoisotopic (exact) mass is 279 g/mol. The van der Waals surface area contributed by atoms with Crippen LogP contribution in [-0.2, 0) is 13.2 Å². The zero-order chi connectivity index (χ0) is 14.7. The molecule has 3 rings (SSSR count). The van der Waals surface area contributed by atoms with Crippen molar-refractivity contribution < 1.29 is 5.11 Å². The second-order valence-corrected chi connectivity index (χ2v) is 5.00. The van der Waals surface area contributed by atoms with E-state index in [1.165, 1.54) is 0 Å². The van der Waals surface area contributed by atoms with E-state index in [1.54, 1.807) is 0 Å². The zero-order valence-electron chi connectivity index (χ0n) is 11.9. The summed E-state index contributed by atoms with van der Waals surface area (Å²) in [6, 6.07) is 18.2. The molecule has 106 valence electrons. The van der Waals surface area contributed by atoms with Gasteiger partial charge in [-0.25, -0.2) is 4.68 Å². The lowest BCUT2D eigenvalue weighted by Crippen LogP contribution is -2.05. The predicted octanol–water partition coefficient (Wildman–Crippen LogP) is 2.79. The maximum Gasteiger partial charge on any atom is 0.116 e. The molecule has 0 aliphatic carbocycles. The molecule has 0 radical (unpaired) electrons. The second-order valence-electron chi connectivity index (χ2n) is 5.00. The summed E-state index contributed by atoms with van der Waals surface area (Å²) in [4.78, 5) is 0. The minimum atomic E-state index is -0.113. The number of aliphatic hydroxyl groups is 1. The number of hydrogen-bond acceptors (Lipinski definition) is 3. The van der Waals surface area contributed by atoms with Crippen molar-refractivity contribution in [2.45, 2.75) is 20.1 Å². The molecule has 0 aliphatic heterocycles. The molecule has 0 fully saturated rings. The van der Waals surface area contributed by atoms with Gasteiger partial charge in [-0.15, -0.1) is 5.10 Å². The first-order valence-electron chi connectivity index (χ1n) is 6.92. The van der Waals surface area contributed by atoms with Crippen LogP contribution in [0.2, 0.25) is 0 Å². The fourth-order valence-electron chi connectivity index (χ4n) is 2.46. The first-order chi connectivity index (χ1) is 10.3. The molecule has 0 bridgehead atoms. The summed E-state index contributed by atoms with van der Waals surface area (Å²) in [6.07, 6.45) is 0. The van der Waals surface area contributed by atoms with E-state index >= 15 is 0 Å². The number of nitrogens with zero attached hydrogens (tertiary/aromatic N) is 3. The molecule has 0 saturated heterocycles. The molecule has 2 aromatic carbocycles. The fourth-order valence-corrected chi connectivity index (χ4v) is 2.46. The Kier molecular flexibility index (Phi) is 3.79. The summed E-state index contributed by atoms with van der Waals surface area (Å²) >= 11 is 0. The van der Waals surface area contributed by atoms with Crippen LogP contribution in [-0.4, -0.2) is 20.1 Å². The Balaban J connectivity index is 2.07. The van der Waals surface area contributed by atoms with E-state index in [0.717, 1.165) is 22.4 Å². The van der Waals surface area contributed by atoms with Crippen molar-refractivity contribution in [1.29, 1.82) is 0 Å². The quantitative estimate of drug-likeness (QED) is 0.799. The third-order valence-electron chi connectivity index (χ3n) is 3.53. The summed E-state index contributed by atoms with van der Waals surface area (Å²) in [5.74, 6) is 0. The number of benzene rings is 2. The summed E-state index contributed by atoms with van der Waals surface area (Å²) in [5.41, 5.74) is 4.85. The Labute approximate surface area is 123 Å². The van der Waals surface area contributed by atoms with Gasteiger partial charge >= 0.3 is 0 Å². The van der Waals surface area contributed by atoms with Crippen LogP contribution in [0.15, 0.2) is 54.6 Å². The maximum absolute atomic E-state index is 9.53. The molecule has 0 aliphatic rings. The van der Waals surface area contributed by atoms with Gasteiger partial charge in [0, 0.05) is 5.56 Å². The van der Waals surface area contributed by atoms with Crippen LogP contribution in [0.5, 0.6) is 0 Å². The van der Waals surface area contributed by atoms with Crippen molar-refractivity contribution >= 4 is 0 Å². The predicted molar refractivity (Wildman–Crippen MR) is 81.7 cm³/mol. The zero-order valence-corrected chi connectivity index (χ0v) is 11.9. The number of aliphatic hydroxyl groups excluding tert-OH is 1. The van der Waals surface area contributed by atoms with Crippen molar-refractivity contribution in [2.24, 2.45) is 0 Å². The summed E-state index contributed by atoms with van der Waals surface area (Å²) in [6.45, 7) is 2.58. The van der Waals surface area contributed by atoms with E-state index in [-0.39, 0.29) is 6.61 Å². The van der Waals surface area contributed by atoms with Gasteiger partial charge in [-0.1, -0.05) is 59.8 Å². The Morgan fingerprint density at radius 1 is 1.00 bits per heavy atom. The van der Waals surface area contributed by atoms with Gasteiger partial charge in [0.05, 0.1) is 18.8 Å². The third kappa shape index (κ3) is 2.71. The first-order valence-corrected chi connectivity index (χ1v) is 6.92. The number of rotatable bonds is 4. The molecule has 0 atom stereocenters. The molecule has 1 aromatic heterocycles. The van der Waals surface area contributed by atoms with E-state index in [2.05, 4.69) is 35.4 Å². The van der Waals surface area contributed by atoms with Gasteiger partial charge in [0.1, 0.15) is 5.69 Å². The van der Waals surface area contributed by atoms with E-state index in [1.807, 2.05) is 41.1 Å². The van der Waals surface area contributed by atoms with E-state index in [0.29, 0.717) is 12.2 Å². The Bertz CT molecular complexity index is 735. The van der Waals surface area contributed by atoms with Crippen LogP contribution in [0, 0.1) is 6.92 Å². The van der Waals surface area contributed by atoms with Crippen molar-refractivity contribution in [1.82, 2.24) is 15.0 Å². The highest BCUT2D eigenvalue weighted by Crippen LogP contribution is 2.26. The lowest BCUT2D eigenvalue weighted by molar-refractivity contribution is 0.277. The molecule has 3 aromatic rings. The molecule has 0 unspecified atom stereocenters. The molecule has 0 saturated carbocycles. The molecule has 1 heterocycles. The van der Waals surface area contributed by atoms with E-state index in [4.69, 9.17) is 0 Å². The molecular weight excluding hydrogens is 262 g/mol. The molecule has 4 nitrogen and oxygen atoms in total. The molecular formula is C17H17N3O. The SMILES string of the molecule is Cc1ccccc1-c1c(CO)nnn1Cc1ccccc1. The van der Waals surface area contributed by atoms with Crippen molar-refractivity contribution in [3.63, 3.8) is 0 Å². The fraction of sp³-hybridized carbons (Fsp3) is 0.176. The Morgan fingerprint density at radius 3 is 2.43 bits per heavy atom. The largest absolute Gasteiger partial charge is 0.390 e. The molecule has 0 spiro atoms. The van der Waals surface area contributed by atoms with Crippen molar-refractivity contribution in [2.75, 3.05) is 0 Å². The Hall–Kier alpha value is -2.46. The highest BCUT2D eigenvalue weighted by atomic mass is 16.3. The minimum absolute atomic E-state index is 0.113. The minimum Gasteiger partial charge on any atom is -0.390 e. The lowest BCUT2D eigenvalue weighted by Gasteiger charge is -2.10. The lowest BCUT2D eigenvalue weighted by atomic mass is 10.0. The average molecular weight is 279 g/mol. The second kappa shape index (κ2) is 5.89. The van der Waals surface area contributed by atoms with Crippen molar-refractivity contribution in [3.05, 3.63) is 71.4 Å². The average Bonchev–Trinajstić information content (AvgIpc) is 2.91. The van der Waals surface area contributed by atoms with E-state index in [9.17, 15) is 5.11 Å². The van der Waals surface area contributed by atoms with Crippen molar-refractivity contribution in [3.8, 4) is 11.3 Å². The van der Waals surface area contributed by atoms with Gasteiger partial charge in [-0.2, -0.15) is 0 Å². The number of aryl methyl sites for hydroxylation is 1. The highest BCUT2D eigenvalue weighted by Gasteiger charge is 2.15. The summed E-state index contributed by atoms with van der Waals surface area (Å²) in [5, 5.41) is 17.9. The Morgan fingerprint density at radius 2 is 1.71 bits per heavy atom. The summed E-state index contributed by atoms with van der Waals surface area (Å²) < 4.78 is 1.85. The van der Waals surface area contributed by atoms with Crippen LogP contribution < -0.4 is 0 Å². The number of hydrogen-bond donors (Lipinski definition) is 1. The molecule has 21 heavy (non-hydrogen) atoms. The van der Waals surface area contributed by atoms with Crippen LogP contribution in [0.1, 0.15) is 16.8 Å². The van der Waals surface area contributed by atoms with Crippen LogP contribution >= 0.6 is 0 Å². The van der Waals surface area contributed by atoms with Gasteiger partial charge in [0.15, 0.2) is 0 Å². The molecule has 1 N–H and O–H groups in total.